The highest BCUT2D eigenvalue weighted by Gasteiger charge is 2.06. The zero-order valence-electron chi connectivity index (χ0n) is 9.50. The van der Waals surface area contributed by atoms with Crippen LogP contribution in [0.4, 0.5) is 5.69 Å². The van der Waals surface area contributed by atoms with E-state index in [1.165, 1.54) is 0 Å². The lowest BCUT2D eigenvalue weighted by atomic mass is 10.1. The number of hydrogen-bond acceptors (Lipinski definition) is 1. The zero-order valence-corrected chi connectivity index (χ0v) is 11.0. The Kier molecular flexibility index (Phi) is 5.10. The van der Waals surface area contributed by atoms with Gasteiger partial charge in [-0.2, -0.15) is 0 Å². The van der Waals surface area contributed by atoms with Crippen LogP contribution in [0.1, 0.15) is 26.7 Å². The van der Waals surface area contributed by atoms with E-state index in [0.717, 1.165) is 18.5 Å². The standard InChI is InChI=1S/C12H16Cl2N2/c1-3-4-8(2)12(15)16-9-5-6-10(13)11(14)7-9/h5-8H,3-4H2,1-2H3,(H2,15,16)/t8-/m1/s1. The van der Waals surface area contributed by atoms with Crippen LogP contribution in [0.2, 0.25) is 10.0 Å². The highest BCUT2D eigenvalue weighted by molar-refractivity contribution is 6.42. The third kappa shape index (κ3) is 3.69. The molecule has 0 heterocycles. The average molecular weight is 259 g/mol. The number of hydrogen-bond donors (Lipinski definition) is 1. The topological polar surface area (TPSA) is 38.4 Å². The number of aliphatic imine (C=N–C) groups is 1. The van der Waals surface area contributed by atoms with Crippen LogP contribution in [0.3, 0.4) is 0 Å². The van der Waals surface area contributed by atoms with Gasteiger partial charge in [0.05, 0.1) is 15.7 Å². The van der Waals surface area contributed by atoms with Gasteiger partial charge < -0.3 is 5.73 Å². The molecule has 0 aliphatic rings. The molecular formula is C12H16Cl2N2. The monoisotopic (exact) mass is 258 g/mol. The van der Waals surface area contributed by atoms with Gasteiger partial charge in [-0.05, 0) is 24.6 Å². The van der Waals surface area contributed by atoms with E-state index in [0.29, 0.717) is 21.8 Å². The van der Waals surface area contributed by atoms with Crippen molar-refractivity contribution < 1.29 is 0 Å². The SMILES string of the molecule is CCC[C@@H](C)C(N)=Nc1ccc(Cl)c(Cl)c1. The van der Waals surface area contributed by atoms with Gasteiger partial charge in [0, 0.05) is 5.92 Å². The number of rotatable bonds is 4. The van der Waals surface area contributed by atoms with Gasteiger partial charge in [0.25, 0.3) is 0 Å². The van der Waals surface area contributed by atoms with Crippen molar-refractivity contribution >= 4 is 34.7 Å². The van der Waals surface area contributed by atoms with Crippen LogP contribution in [-0.2, 0) is 0 Å². The van der Waals surface area contributed by atoms with E-state index < -0.39 is 0 Å². The van der Waals surface area contributed by atoms with Crippen molar-refractivity contribution in [2.24, 2.45) is 16.6 Å². The Morgan fingerprint density at radius 2 is 2.06 bits per heavy atom. The molecule has 0 unspecified atom stereocenters. The van der Waals surface area contributed by atoms with Crippen molar-refractivity contribution in [3.05, 3.63) is 28.2 Å². The smallest absolute Gasteiger partial charge is 0.102 e. The molecule has 1 aromatic carbocycles. The lowest BCUT2D eigenvalue weighted by molar-refractivity contribution is 0.662. The number of amidine groups is 1. The predicted octanol–water partition coefficient (Wildman–Crippen LogP) is 4.42. The summed E-state index contributed by atoms with van der Waals surface area (Å²) >= 11 is 11.7. The molecule has 88 valence electrons. The maximum Gasteiger partial charge on any atom is 0.102 e. The van der Waals surface area contributed by atoms with Crippen molar-refractivity contribution in [1.82, 2.24) is 0 Å². The molecule has 0 spiro atoms. The molecule has 0 aliphatic heterocycles. The summed E-state index contributed by atoms with van der Waals surface area (Å²) in [4.78, 5) is 4.33. The molecule has 0 fully saturated rings. The minimum absolute atomic E-state index is 0.291. The van der Waals surface area contributed by atoms with Crippen LogP contribution in [-0.4, -0.2) is 5.84 Å². The second kappa shape index (κ2) is 6.12. The van der Waals surface area contributed by atoms with Gasteiger partial charge >= 0.3 is 0 Å². The second-order valence-electron chi connectivity index (χ2n) is 3.82. The van der Waals surface area contributed by atoms with E-state index in [4.69, 9.17) is 28.9 Å². The third-order valence-corrected chi connectivity index (χ3v) is 3.13. The van der Waals surface area contributed by atoms with Crippen molar-refractivity contribution in [2.75, 3.05) is 0 Å². The van der Waals surface area contributed by atoms with E-state index in [1.54, 1.807) is 18.2 Å². The Hall–Kier alpha value is -0.730. The molecule has 1 atom stereocenters. The van der Waals surface area contributed by atoms with Gasteiger partial charge in [-0.3, -0.25) is 0 Å². The molecule has 0 aliphatic carbocycles. The first-order valence-electron chi connectivity index (χ1n) is 5.33. The molecule has 16 heavy (non-hydrogen) atoms. The summed E-state index contributed by atoms with van der Waals surface area (Å²) in [6.07, 6.45) is 2.13. The van der Waals surface area contributed by atoms with Crippen molar-refractivity contribution in [3.63, 3.8) is 0 Å². The summed E-state index contributed by atoms with van der Waals surface area (Å²) in [5.41, 5.74) is 6.64. The summed E-state index contributed by atoms with van der Waals surface area (Å²) < 4.78 is 0. The van der Waals surface area contributed by atoms with E-state index in [1.807, 2.05) is 0 Å². The van der Waals surface area contributed by atoms with Gasteiger partial charge in [-0.1, -0.05) is 43.5 Å². The largest absolute Gasteiger partial charge is 0.387 e. The Bertz CT molecular complexity index is 389. The minimum Gasteiger partial charge on any atom is -0.387 e. The van der Waals surface area contributed by atoms with E-state index in [9.17, 15) is 0 Å². The fraction of sp³-hybridized carbons (Fsp3) is 0.417. The summed E-state index contributed by atoms with van der Waals surface area (Å²) in [7, 11) is 0. The molecule has 0 saturated heterocycles. The fourth-order valence-electron chi connectivity index (χ4n) is 1.39. The van der Waals surface area contributed by atoms with Crippen LogP contribution in [0.5, 0.6) is 0 Å². The van der Waals surface area contributed by atoms with E-state index in [-0.39, 0.29) is 0 Å². The van der Waals surface area contributed by atoms with Crippen LogP contribution in [0.25, 0.3) is 0 Å². The Morgan fingerprint density at radius 3 is 2.62 bits per heavy atom. The van der Waals surface area contributed by atoms with Gasteiger partial charge in [0.2, 0.25) is 0 Å². The molecular weight excluding hydrogens is 243 g/mol. The lowest BCUT2D eigenvalue weighted by Crippen LogP contribution is -2.20. The van der Waals surface area contributed by atoms with E-state index in [2.05, 4.69) is 18.8 Å². The Morgan fingerprint density at radius 1 is 1.38 bits per heavy atom. The van der Waals surface area contributed by atoms with Crippen LogP contribution >= 0.6 is 23.2 Å². The molecule has 4 heteroatoms. The highest BCUT2D eigenvalue weighted by atomic mass is 35.5. The molecule has 1 aromatic rings. The Balaban J connectivity index is 2.85. The van der Waals surface area contributed by atoms with Crippen molar-refractivity contribution in [3.8, 4) is 0 Å². The van der Waals surface area contributed by atoms with Gasteiger partial charge in [0.15, 0.2) is 0 Å². The number of benzene rings is 1. The predicted molar refractivity (Wildman–Crippen MR) is 71.8 cm³/mol. The molecule has 2 N–H and O–H groups in total. The summed E-state index contributed by atoms with van der Waals surface area (Å²) in [6, 6.07) is 5.25. The Labute approximate surface area is 106 Å². The molecule has 0 radical (unpaired) electrons. The van der Waals surface area contributed by atoms with Gasteiger partial charge in [-0.15, -0.1) is 0 Å². The summed E-state index contributed by atoms with van der Waals surface area (Å²) in [6.45, 7) is 4.20. The molecule has 0 bridgehead atoms. The highest BCUT2D eigenvalue weighted by Crippen LogP contribution is 2.26. The number of halogens is 2. The number of nitrogens with zero attached hydrogens (tertiary/aromatic N) is 1. The second-order valence-corrected chi connectivity index (χ2v) is 4.64. The van der Waals surface area contributed by atoms with Crippen LogP contribution in [0, 0.1) is 5.92 Å². The number of nitrogens with two attached hydrogens (primary N) is 1. The molecule has 2 nitrogen and oxygen atoms in total. The van der Waals surface area contributed by atoms with Gasteiger partial charge in [-0.25, -0.2) is 4.99 Å². The first-order chi connectivity index (χ1) is 7.54. The first kappa shape index (κ1) is 13.3. The maximum atomic E-state index is 5.90. The summed E-state index contributed by atoms with van der Waals surface area (Å²) in [5.74, 6) is 0.930. The summed E-state index contributed by atoms with van der Waals surface area (Å²) in [5, 5.41) is 1.03. The minimum atomic E-state index is 0.291. The molecule has 1 rings (SSSR count). The fourth-order valence-corrected chi connectivity index (χ4v) is 1.69. The van der Waals surface area contributed by atoms with Crippen LogP contribution < -0.4 is 5.73 Å². The third-order valence-electron chi connectivity index (χ3n) is 2.39. The zero-order chi connectivity index (χ0) is 12.1. The van der Waals surface area contributed by atoms with Crippen molar-refractivity contribution in [1.29, 1.82) is 0 Å². The maximum absolute atomic E-state index is 5.90. The lowest BCUT2D eigenvalue weighted by Gasteiger charge is -2.09. The molecule has 0 amide bonds. The quantitative estimate of drug-likeness (QED) is 0.630. The molecule has 0 aromatic heterocycles. The first-order valence-corrected chi connectivity index (χ1v) is 6.09. The average Bonchev–Trinajstić information content (AvgIpc) is 2.24. The van der Waals surface area contributed by atoms with Gasteiger partial charge in [0.1, 0.15) is 5.84 Å². The van der Waals surface area contributed by atoms with Crippen molar-refractivity contribution in [2.45, 2.75) is 26.7 Å². The van der Waals surface area contributed by atoms with E-state index >= 15 is 0 Å². The normalized spacial score (nSPS) is 13.9. The molecule has 0 saturated carbocycles. The van der Waals surface area contributed by atoms with Crippen LogP contribution in [0.15, 0.2) is 23.2 Å².